The van der Waals surface area contributed by atoms with Crippen LogP contribution in [0.5, 0.6) is 11.5 Å². The first-order valence-corrected chi connectivity index (χ1v) is 9.37. The van der Waals surface area contributed by atoms with E-state index in [-0.39, 0.29) is 12.1 Å². The fourth-order valence-corrected chi connectivity index (χ4v) is 3.37. The molecule has 1 aliphatic carbocycles. The van der Waals surface area contributed by atoms with Crippen molar-refractivity contribution in [2.45, 2.75) is 39.2 Å². The Balaban J connectivity index is 1.78. The predicted octanol–water partition coefficient (Wildman–Crippen LogP) is 4.60. The first kappa shape index (κ1) is 19.0. The summed E-state index contributed by atoms with van der Waals surface area (Å²) in [5.74, 6) is 1.09. The monoisotopic (exact) mass is 366 g/mol. The van der Waals surface area contributed by atoms with Crippen molar-refractivity contribution < 1.29 is 19.0 Å². The van der Waals surface area contributed by atoms with Gasteiger partial charge in [-0.2, -0.15) is 0 Å². The van der Waals surface area contributed by atoms with E-state index in [1.807, 2.05) is 18.2 Å². The van der Waals surface area contributed by atoms with Gasteiger partial charge in [-0.15, -0.1) is 0 Å². The van der Waals surface area contributed by atoms with E-state index < -0.39 is 0 Å². The summed E-state index contributed by atoms with van der Waals surface area (Å²) in [5.41, 5.74) is 4.19. The number of hydrogen-bond donors (Lipinski definition) is 0. The summed E-state index contributed by atoms with van der Waals surface area (Å²) in [5, 5.41) is 0. The first-order valence-electron chi connectivity index (χ1n) is 9.37. The minimum absolute atomic E-state index is 0.110. The third-order valence-electron chi connectivity index (χ3n) is 4.76. The van der Waals surface area contributed by atoms with E-state index in [0.29, 0.717) is 23.7 Å². The molecule has 0 amide bonds. The van der Waals surface area contributed by atoms with Crippen molar-refractivity contribution in [1.82, 2.24) is 0 Å². The molecule has 0 saturated heterocycles. The molecule has 0 fully saturated rings. The van der Waals surface area contributed by atoms with E-state index >= 15 is 0 Å². The Hall–Kier alpha value is -2.75. The Kier molecular flexibility index (Phi) is 6.17. The summed E-state index contributed by atoms with van der Waals surface area (Å²) in [6, 6.07) is 14.2. The SMILES string of the molecule is CCOC(=O)/C(C)=C/c1ccc(OC)c(OC2CCc3ccccc3C2)c1. The third-order valence-corrected chi connectivity index (χ3v) is 4.76. The highest BCUT2D eigenvalue weighted by atomic mass is 16.5. The van der Waals surface area contributed by atoms with Crippen LogP contribution in [-0.2, 0) is 22.4 Å². The predicted molar refractivity (Wildman–Crippen MR) is 106 cm³/mol. The number of benzene rings is 2. The van der Waals surface area contributed by atoms with Crippen LogP contribution in [0.25, 0.3) is 6.08 Å². The molecule has 0 radical (unpaired) electrons. The Morgan fingerprint density at radius 3 is 2.67 bits per heavy atom. The molecule has 4 heteroatoms. The lowest BCUT2D eigenvalue weighted by atomic mass is 9.90. The van der Waals surface area contributed by atoms with Crippen molar-refractivity contribution >= 4 is 12.0 Å². The Morgan fingerprint density at radius 2 is 1.93 bits per heavy atom. The lowest BCUT2D eigenvalue weighted by Crippen LogP contribution is -2.25. The topological polar surface area (TPSA) is 44.8 Å². The zero-order chi connectivity index (χ0) is 19.2. The van der Waals surface area contributed by atoms with Gasteiger partial charge in [0.1, 0.15) is 6.10 Å². The largest absolute Gasteiger partial charge is 0.493 e. The van der Waals surface area contributed by atoms with Crippen LogP contribution in [0.2, 0.25) is 0 Å². The Bertz CT molecular complexity index is 838. The third kappa shape index (κ3) is 4.70. The summed E-state index contributed by atoms with van der Waals surface area (Å²) < 4.78 is 16.8. The maximum Gasteiger partial charge on any atom is 0.333 e. The lowest BCUT2D eigenvalue weighted by Gasteiger charge is -2.26. The van der Waals surface area contributed by atoms with Crippen LogP contribution in [0.3, 0.4) is 0 Å². The van der Waals surface area contributed by atoms with Crippen LogP contribution in [-0.4, -0.2) is 25.8 Å². The van der Waals surface area contributed by atoms with Crippen LogP contribution in [0, 0.1) is 0 Å². The molecule has 0 N–H and O–H groups in total. The van der Waals surface area contributed by atoms with Crippen LogP contribution >= 0.6 is 0 Å². The number of methoxy groups -OCH3 is 1. The normalized spacial score (nSPS) is 16.4. The van der Waals surface area contributed by atoms with Gasteiger partial charge in [-0.3, -0.25) is 0 Å². The average molecular weight is 366 g/mol. The summed E-state index contributed by atoms with van der Waals surface area (Å²) in [6.07, 6.45) is 4.80. The highest BCUT2D eigenvalue weighted by Crippen LogP contribution is 2.32. The molecule has 0 aliphatic heterocycles. The lowest BCUT2D eigenvalue weighted by molar-refractivity contribution is -0.138. The van der Waals surface area contributed by atoms with Gasteiger partial charge in [0.25, 0.3) is 0 Å². The quantitative estimate of drug-likeness (QED) is 0.554. The number of aryl methyl sites for hydroxylation is 1. The highest BCUT2D eigenvalue weighted by Gasteiger charge is 2.21. The molecule has 0 aromatic heterocycles. The number of rotatable bonds is 6. The molecule has 0 heterocycles. The molecule has 0 saturated carbocycles. The summed E-state index contributed by atoms with van der Waals surface area (Å²) >= 11 is 0. The maximum atomic E-state index is 11.8. The van der Waals surface area contributed by atoms with Gasteiger partial charge in [0.2, 0.25) is 0 Å². The number of esters is 1. The van der Waals surface area contributed by atoms with Gasteiger partial charge in [0, 0.05) is 12.0 Å². The van der Waals surface area contributed by atoms with Crippen molar-refractivity contribution in [3.8, 4) is 11.5 Å². The molecular weight excluding hydrogens is 340 g/mol. The molecule has 3 rings (SSSR count). The number of fused-ring (bicyclic) bond motifs is 1. The van der Waals surface area contributed by atoms with Crippen molar-refractivity contribution in [2.75, 3.05) is 13.7 Å². The van der Waals surface area contributed by atoms with Gasteiger partial charge >= 0.3 is 5.97 Å². The number of carbonyl (C=O) groups is 1. The summed E-state index contributed by atoms with van der Waals surface area (Å²) in [7, 11) is 1.64. The number of hydrogen-bond acceptors (Lipinski definition) is 4. The molecule has 2 aromatic rings. The zero-order valence-corrected chi connectivity index (χ0v) is 16.2. The van der Waals surface area contributed by atoms with Crippen LogP contribution < -0.4 is 9.47 Å². The minimum atomic E-state index is -0.306. The van der Waals surface area contributed by atoms with E-state index in [4.69, 9.17) is 14.2 Å². The second kappa shape index (κ2) is 8.76. The number of ether oxygens (including phenoxy) is 3. The van der Waals surface area contributed by atoms with Crippen LogP contribution in [0.15, 0.2) is 48.0 Å². The van der Waals surface area contributed by atoms with E-state index in [9.17, 15) is 4.79 Å². The number of carbonyl (C=O) groups excluding carboxylic acids is 1. The zero-order valence-electron chi connectivity index (χ0n) is 16.2. The highest BCUT2D eigenvalue weighted by molar-refractivity contribution is 5.93. The van der Waals surface area contributed by atoms with Gasteiger partial charge in [0.05, 0.1) is 13.7 Å². The maximum absolute atomic E-state index is 11.8. The van der Waals surface area contributed by atoms with E-state index in [0.717, 1.165) is 24.8 Å². The molecule has 0 bridgehead atoms. The summed E-state index contributed by atoms with van der Waals surface area (Å²) in [6.45, 7) is 3.91. The second-order valence-electron chi connectivity index (χ2n) is 6.71. The van der Waals surface area contributed by atoms with Crippen LogP contribution in [0.4, 0.5) is 0 Å². The van der Waals surface area contributed by atoms with Crippen LogP contribution in [0.1, 0.15) is 37.0 Å². The molecular formula is C23H26O4. The molecule has 4 nitrogen and oxygen atoms in total. The van der Waals surface area contributed by atoms with Gasteiger partial charge in [0.15, 0.2) is 11.5 Å². The minimum Gasteiger partial charge on any atom is -0.493 e. The van der Waals surface area contributed by atoms with Crippen molar-refractivity contribution in [1.29, 1.82) is 0 Å². The molecule has 1 atom stereocenters. The Morgan fingerprint density at radius 1 is 1.15 bits per heavy atom. The molecule has 2 aromatic carbocycles. The smallest absolute Gasteiger partial charge is 0.333 e. The Labute approximate surface area is 160 Å². The van der Waals surface area contributed by atoms with Crippen molar-refractivity contribution in [3.05, 3.63) is 64.7 Å². The van der Waals surface area contributed by atoms with E-state index in [1.54, 1.807) is 27.0 Å². The first-order chi connectivity index (χ1) is 13.1. The van der Waals surface area contributed by atoms with Gasteiger partial charge in [-0.25, -0.2) is 4.79 Å². The fraction of sp³-hybridized carbons (Fsp3) is 0.348. The second-order valence-corrected chi connectivity index (χ2v) is 6.71. The molecule has 1 aliphatic rings. The average Bonchev–Trinajstić information content (AvgIpc) is 2.68. The van der Waals surface area contributed by atoms with Gasteiger partial charge in [-0.1, -0.05) is 30.3 Å². The molecule has 27 heavy (non-hydrogen) atoms. The van der Waals surface area contributed by atoms with Crippen molar-refractivity contribution in [3.63, 3.8) is 0 Å². The van der Waals surface area contributed by atoms with E-state index in [2.05, 4.69) is 24.3 Å². The van der Waals surface area contributed by atoms with E-state index in [1.165, 1.54) is 11.1 Å². The van der Waals surface area contributed by atoms with Crippen molar-refractivity contribution in [2.24, 2.45) is 0 Å². The molecule has 142 valence electrons. The standard InChI is InChI=1S/C23H26O4/c1-4-26-23(24)16(2)13-17-9-12-21(25-3)22(14-17)27-20-11-10-18-7-5-6-8-19(18)15-20/h5-9,12-14,20H,4,10-11,15H2,1-3H3/b16-13+. The fourth-order valence-electron chi connectivity index (χ4n) is 3.37. The van der Waals surface area contributed by atoms with Gasteiger partial charge < -0.3 is 14.2 Å². The van der Waals surface area contributed by atoms with Gasteiger partial charge in [-0.05, 0) is 61.6 Å². The molecule has 1 unspecified atom stereocenters. The molecule has 0 spiro atoms. The summed E-state index contributed by atoms with van der Waals surface area (Å²) in [4.78, 5) is 11.8.